The predicted octanol–water partition coefficient (Wildman–Crippen LogP) is 1.03. The summed E-state index contributed by atoms with van der Waals surface area (Å²) in [7, 11) is -3.30. The van der Waals surface area contributed by atoms with Gasteiger partial charge in [0.25, 0.3) is 0 Å². The lowest BCUT2D eigenvalue weighted by Crippen LogP contribution is -2.10. The van der Waals surface area contributed by atoms with Crippen LogP contribution in [0.2, 0.25) is 0 Å². The normalized spacial score (nSPS) is 11.1. The van der Waals surface area contributed by atoms with Crippen LogP contribution in [0.5, 0.6) is 0 Å². The quantitative estimate of drug-likeness (QED) is 0.664. The summed E-state index contributed by atoms with van der Waals surface area (Å²) in [5.41, 5.74) is 0.634. The van der Waals surface area contributed by atoms with E-state index >= 15 is 0 Å². The van der Waals surface area contributed by atoms with Crippen LogP contribution in [0.1, 0.15) is 10.5 Å². The summed E-state index contributed by atoms with van der Waals surface area (Å²) in [6.07, 6.45) is 2.35. The summed E-state index contributed by atoms with van der Waals surface area (Å²) in [5.74, 6) is -0.152. The second-order valence-corrected chi connectivity index (χ2v) is 5.17. The fourth-order valence-electron chi connectivity index (χ4n) is 0.902. The molecule has 0 aliphatic heterocycles. The third kappa shape index (κ3) is 3.96. The molecule has 1 aromatic rings. The van der Waals surface area contributed by atoms with Crippen LogP contribution in [0.4, 0.5) is 5.69 Å². The first kappa shape index (κ1) is 12.1. The van der Waals surface area contributed by atoms with Crippen molar-refractivity contribution in [3.63, 3.8) is 0 Å². The maximum atomic E-state index is 11.2. The highest BCUT2D eigenvalue weighted by Crippen LogP contribution is 2.08. The number of hydrogen-bond acceptors (Lipinski definition) is 4. The largest absolute Gasteiger partial charge is 0.291 e. The minimum absolute atomic E-state index is 0.152. The van der Waals surface area contributed by atoms with Crippen molar-refractivity contribution in [3.05, 3.63) is 24.0 Å². The van der Waals surface area contributed by atoms with E-state index in [0.717, 1.165) is 6.26 Å². The summed E-state index contributed by atoms with van der Waals surface area (Å²) in [5, 5.41) is 0.193. The monoisotopic (exact) mass is 292 g/mol. The van der Waals surface area contributed by atoms with E-state index in [-0.39, 0.29) is 11.1 Å². The maximum Gasteiger partial charge on any atom is 0.229 e. The van der Waals surface area contributed by atoms with E-state index in [1.165, 1.54) is 18.3 Å². The van der Waals surface area contributed by atoms with Crippen molar-refractivity contribution in [3.8, 4) is 0 Å². The Labute approximate surface area is 96.1 Å². The standard InChI is InChI=1S/C8H9BrN2O3S/c1-15(13,14)11-6-2-3-7(10-5-6)8(12)4-9/h2-3,5,11H,4H2,1H3. The van der Waals surface area contributed by atoms with Crippen LogP contribution in [0.25, 0.3) is 0 Å². The van der Waals surface area contributed by atoms with Gasteiger partial charge in [-0.1, -0.05) is 15.9 Å². The molecule has 0 spiro atoms. The van der Waals surface area contributed by atoms with E-state index in [2.05, 4.69) is 25.6 Å². The van der Waals surface area contributed by atoms with Crippen LogP contribution in [0, 0.1) is 0 Å². The number of nitrogens with zero attached hydrogens (tertiary/aromatic N) is 1. The van der Waals surface area contributed by atoms with E-state index in [1.54, 1.807) is 0 Å². The van der Waals surface area contributed by atoms with Gasteiger partial charge in [0.15, 0.2) is 5.78 Å². The lowest BCUT2D eigenvalue weighted by atomic mass is 10.3. The summed E-state index contributed by atoms with van der Waals surface area (Å²) < 4.78 is 24.0. The van der Waals surface area contributed by atoms with Crippen molar-refractivity contribution >= 4 is 37.4 Å². The van der Waals surface area contributed by atoms with E-state index in [0.29, 0.717) is 11.4 Å². The van der Waals surface area contributed by atoms with Gasteiger partial charge in [-0.3, -0.25) is 14.5 Å². The molecule has 0 aromatic carbocycles. The molecule has 0 bridgehead atoms. The molecule has 1 heterocycles. The zero-order valence-electron chi connectivity index (χ0n) is 7.90. The lowest BCUT2D eigenvalue weighted by molar-refractivity contribution is 0.101. The molecule has 0 saturated heterocycles. The molecule has 82 valence electrons. The molecule has 7 heteroatoms. The molecule has 5 nitrogen and oxygen atoms in total. The van der Waals surface area contributed by atoms with Gasteiger partial charge in [0, 0.05) is 0 Å². The Morgan fingerprint density at radius 1 is 1.53 bits per heavy atom. The topological polar surface area (TPSA) is 76.1 Å². The molecule has 0 unspecified atom stereocenters. The third-order valence-electron chi connectivity index (χ3n) is 1.47. The smallest absolute Gasteiger partial charge is 0.229 e. The second kappa shape index (κ2) is 4.71. The summed E-state index contributed by atoms with van der Waals surface area (Å²) in [6.45, 7) is 0. The number of aromatic nitrogens is 1. The number of hydrogen-bond donors (Lipinski definition) is 1. The average molecular weight is 293 g/mol. The van der Waals surface area contributed by atoms with Gasteiger partial charge in [0.1, 0.15) is 5.69 Å². The minimum Gasteiger partial charge on any atom is -0.291 e. The molecule has 1 N–H and O–H groups in total. The zero-order valence-corrected chi connectivity index (χ0v) is 10.3. The molecule has 0 fully saturated rings. The number of ketones is 1. The van der Waals surface area contributed by atoms with Gasteiger partial charge < -0.3 is 0 Å². The van der Waals surface area contributed by atoms with Gasteiger partial charge in [-0.05, 0) is 12.1 Å². The number of anilines is 1. The summed E-state index contributed by atoms with van der Waals surface area (Å²) in [4.78, 5) is 15.0. The predicted molar refractivity (Wildman–Crippen MR) is 60.8 cm³/mol. The fraction of sp³-hybridized carbons (Fsp3) is 0.250. The maximum absolute atomic E-state index is 11.2. The molecule has 1 rings (SSSR count). The molecule has 0 aliphatic rings. The first-order chi connectivity index (χ1) is 6.92. The number of carbonyl (C=O) groups is 1. The van der Waals surface area contributed by atoms with Crippen LogP contribution >= 0.6 is 15.9 Å². The number of halogens is 1. The van der Waals surface area contributed by atoms with Crippen LogP contribution in [-0.4, -0.2) is 30.8 Å². The first-order valence-electron chi connectivity index (χ1n) is 3.95. The highest BCUT2D eigenvalue weighted by Gasteiger charge is 2.06. The average Bonchev–Trinajstić information content (AvgIpc) is 2.15. The highest BCUT2D eigenvalue weighted by molar-refractivity contribution is 9.09. The van der Waals surface area contributed by atoms with Crippen LogP contribution in [0.15, 0.2) is 18.3 Å². The number of nitrogens with one attached hydrogen (secondary N) is 1. The molecule has 0 saturated carbocycles. The van der Waals surface area contributed by atoms with Crippen molar-refractivity contribution in [2.24, 2.45) is 0 Å². The minimum atomic E-state index is -3.30. The molecule has 1 aromatic heterocycles. The summed E-state index contributed by atoms with van der Waals surface area (Å²) >= 11 is 3.02. The van der Waals surface area contributed by atoms with Crippen LogP contribution in [0.3, 0.4) is 0 Å². The lowest BCUT2D eigenvalue weighted by Gasteiger charge is -2.03. The van der Waals surface area contributed by atoms with Gasteiger partial charge >= 0.3 is 0 Å². The molecule has 0 radical (unpaired) electrons. The summed E-state index contributed by atoms with van der Waals surface area (Å²) in [6, 6.07) is 2.96. The molecule has 0 amide bonds. The van der Waals surface area contributed by atoms with Crippen LogP contribution in [-0.2, 0) is 10.0 Å². The van der Waals surface area contributed by atoms with Gasteiger partial charge in [0.2, 0.25) is 10.0 Å². The highest BCUT2D eigenvalue weighted by atomic mass is 79.9. The van der Waals surface area contributed by atoms with Crippen LogP contribution < -0.4 is 4.72 Å². The van der Waals surface area contributed by atoms with Crippen molar-refractivity contribution in [2.45, 2.75) is 0 Å². The Kier molecular flexibility index (Phi) is 3.81. The molecule has 15 heavy (non-hydrogen) atoms. The van der Waals surface area contributed by atoms with E-state index < -0.39 is 10.0 Å². The number of alkyl halides is 1. The van der Waals surface area contributed by atoms with E-state index in [1.807, 2.05) is 0 Å². The van der Waals surface area contributed by atoms with Gasteiger partial charge in [-0.15, -0.1) is 0 Å². The molecular formula is C8H9BrN2O3S. The fourth-order valence-corrected chi connectivity index (χ4v) is 1.74. The Morgan fingerprint density at radius 3 is 2.60 bits per heavy atom. The van der Waals surface area contributed by atoms with Gasteiger partial charge in [-0.25, -0.2) is 8.42 Å². The van der Waals surface area contributed by atoms with E-state index in [4.69, 9.17) is 0 Å². The number of sulfonamides is 1. The van der Waals surface area contributed by atoms with Crippen molar-refractivity contribution in [2.75, 3.05) is 16.3 Å². The Hall–Kier alpha value is -0.950. The first-order valence-corrected chi connectivity index (χ1v) is 6.96. The van der Waals surface area contributed by atoms with E-state index in [9.17, 15) is 13.2 Å². The van der Waals surface area contributed by atoms with Crippen molar-refractivity contribution < 1.29 is 13.2 Å². The number of carbonyl (C=O) groups excluding carboxylic acids is 1. The zero-order chi connectivity index (χ0) is 11.5. The van der Waals surface area contributed by atoms with Crippen molar-refractivity contribution in [1.82, 2.24) is 4.98 Å². The van der Waals surface area contributed by atoms with Crippen molar-refractivity contribution in [1.29, 1.82) is 0 Å². The number of rotatable bonds is 4. The Balaban J connectivity index is 2.86. The third-order valence-corrected chi connectivity index (χ3v) is 2.59. The Bertz CT molecular complexity index is 455. The van der Waals surface area contributed by atoms with Gasteiger partial charge in [-0.2, -0.15) is 0 Å². The second-order valence-electron chi connectivity index (χ2n) is 2.86. The Morgan fingerprint density at radius 2 is 2.20 bits per heavy atom. The molecule has 0 aliphatic carbocycles. The number of Topliss-reactive ketones (excluding diaryl/α,β-unsaturated/α-hetero) is 1. The number of pyridine rings is 1. The molecule has 0 atom stereocenters. The van der Waals surface area contributed by atoms with Gasteiger partial charge in [0.05, 0.1) is 23.5 Å². The SMILES string of the molecule is CS(=O)(=O)Nc1ccc(C(=O)CBr)nc1. The molecular weight excluding hydrogens is 284 g/mol.